The minimum Gasteiger partial charge on any atom is -0.189 e. The van der Waals surface area contributed by atoms with Gasteiger partial charge in [-0.2, -0.15) is 28.5 Å². The van der Waals surface area contributed by atoms with Crippen molar-refractivity contribution in [1.29, 1.82) is 0 Å². The Morgan fingerprint density at radius 1 is 0.400 bits per heavy atom. The predicted molar refractivity (Wildman–Crippen MR) is 153 cm³/mol. The molecule has 0 aliphatic heterocycles. The zero-order valence-corrected chi connectivity index (χ0v) is 21.6. The molecular formula is C30H18ClN9. The molecule has 0 saturated carbocycles. The number of rotatable bonds is 4. The first-order valence-corrected chi connectivity index (χ1v) is 13.0. The van der Waals surface area contributed by atoms with E-state index >= 15 is 0 Å². The first-order valence-electron chi connectivity index (χ1n) is 12.6. The van der Waals surface area contributed by atoms with E-state index in [0.29, 0.717) is 29.0 Å². The first-order chi connectivity index (χ1) is 19.7. The van der Waals surface area contributed by atoms with Crippen molar-refractivity contribution in [2.24, 2.45) is 0 Å². The lowest BCUT2D eigenvalue weighted by Crippen LogP contribution is -2.06. The average Bonchev–Trinajstić information content (AvgIpc) is 3.75. The van der Waals surface area contributed by atoms with Gasteiger partial charge in [-0.1, -0.05) is 103 Å². The van der Waals surface area contributed by atoms with Crippen LogP contribution in [0.3, 0.4) is 0 Å². The molecule has 8 rings (SSSR count). The minimum atomic E-state index is 0.0780. The molecule has 0 N–H and O–H groups in total. The van der Waals surface area contributed by atoms with Gasteiger partial charge < -0.3 is 0 Å². The topological polar surface area (TPSA) is 90.6 Å². The molecule has 4 aromatic heterocycles. The second-order valence-electron chi connectivity index (χ2n) is 9.28. The van der Waals surface area contributed by atoms with Gasteiger partial charge in [0.05, 0.1) is 0 Å². The number of hydrogen-bond acceptors (Lipinski definition) is 6. The van der Waals surface area contributed by atoms with Gasteiger partial charge in [0.25, 0.3) is 17.3 Å². The maximum absolute atomic E-state index is 6.23. The molecule has 9 nitrogen and oxygen atoms in total. The molecule has 0 saturated heterocycles. The van der Waals surface area contributed by atoms with Gasteiger partial charge in [-0.05, 0) is 39.9 Å². The number of hydrogen-bond donors (Lipinski definition) is 0. The monoisotopic (exact) mass is 539 g/mol. The van der Waals surface area contributed by atoms with Gasteiger partial charge in [-0.3, -0.25) is 0 Å². The maximum atomic E-state index is 6.23. The zero-order valence-electron chi connectivity index (χ0n) is 20.8. The molecule has 4 heterocycles. The Hall–Kier alpha value is -5.41. The molecule has 4 aromatic carbocycles. The van der Waals surface area contributed by atoms with E-state index in [-0.39, 0.29) is 5.28 Å². The molecule has 0 atom stereocenters. The fourth-order valence-corrected chi connectivity index (χ4v) is 5.01. The minimum absolute atomic E-state index is 0.0780. The summed E-state index contributed by atoms with van der Waals surface area (Å²) in [6.07, 6.45) is 0. The van der Waals surface area contributed by atoms with Crippen molar-refractivity contribution in [3.05, 3.63) is 114 Å². The Morgan fingerprint density at radius 3 is 1.50 bits per heavy atom. The zero-order chi connectivity index (χ0) is 26.6. The van der Waals surface area contributed by atoms with Crippen LogP contribution in [0.2, 0.25) is 5.28 Å². The molecular weight excluding hydrogens is 522 g/mol. The highest BCUT2D eigenvalue weighted by Crippen LogP contribution is 2.27. The highest BCUT2D eigenvalue weighted by atomic mass is 35.5. The van der Waals surface area contributed by atoms with E-state index in [2.05, 4.69) is 58.6 Å². The maximum Gasteiger partial charge on any atom is 0.261 e. The van der Waals surface area contributed by atoms with E-state index in [1.54, 1.807) is 9.03 Å². The van der Waals surface area contributed by atoms with Gasteiger partial charge in [0, 0.05) is 11.1 Å². The third-order valence-electron chi connectivity index (χ3n) is 6.79. The Balaban J connectivity index is 1.28. The van der Waals surface area contributed by atoms with Gasteiger partial charge in [0.1, 0.15) is 0 Å². The van der Waals surface area contributed by atoms with Gasteiger partial charge in [0.2, 0.25) is 5.28 Å². The summed E-state index contributed by atoms with van der Waals surface area (Å²) in [5.74, 6) is 2.32. The standard InChI is InChI=1S/C30H18ClN9/c31-27-34-30-39-28(33-26(36-39)24-13-7-12-23(18-24)20-10-5-2-6-11-20)38-29(40(30)37-27)32-25(35-38)22-16-14-21(15-17-22)19-8-3-1-4-9-19/h1-18H. The van der Waals surface area contributed by atoms with Crippen molar-refractivity contribution in [3.63, 3.8) is 0 Å². The second kappa shape index (κ2) is 8.82. The first kappa shape index (κ1) is 22.6. The van der Waals surface area contributed by atoms with Crippen LogP contribution in [0.25, 0.3) is 62.4 Å². The molecule has 0 amide bonds. The van der Waals surface area contributed by atoms with E-state index < -0.39 is 0 Å². The van der Waals surface area contributed by atoms with Crippen LogP contribution >= 0.6 is 11.6 Å². The number of nitrogens with zero attached hydrogens (tertiary/aromatic N) is 9. The van der Waals surface area contributed by atoms with Crippen LogP contribution in [0.5, 0.6) is 0 Å². The smallest absolute Gasteiger partial charge is 0.189 e. The van der Waals surface area contributed by atoms with Crippen LogP contribution in [-0.4, -0.2) is 43.8 Å². The Kier molecular flexibility index (Phi) is 4.98. The number of fused-ring (bicyclic) bond motifs is 6. The van der Waals surface area contributed by atoms with Crippen molar-refractivity contribution in [2.75, 3.05) is 0 Å². The van der Waals surface area contributed by atoms with Gasteiger partial charge in [0.15, 0.2) is 11.6 Å². The van der Waals surface area contributed by atoms with Gasteiger partial charge in [-0.25, -0.2) is 0 Å². The highest BCUT2D eigenvalue weighted by Gasteiger charge is 2.21. The molecule has 40 heavy (non-hydrogen) atoms. The molecule has 0 fully saturated rings. The quantitative estimate of drug-likeness (QED) is 0.267. The van der Waals surface area contributed by atoms with E-state index in [0.717, 1.165) is 33.4 Å². The summed E-state index contributed by atoms with van der Waals surface area (Å²) in [5.41, 5.74) is 6.15. The molecule has 190 valence electrons. The van der Waals surface area contributed by atoms with E-state index in [9.17, 15) is 0 Å². The molecule has 0 bridgehead atoms. The van der Waals surface area contributed by atoms with Crippen LogP contribution in [0.1, 0.15) is 0 Å². The summed E-state index contributed by atoms with van der Waals surface area (Å²) in [7, 11) is 0. The summed E-state index contributed by atoms with van der Waals surface area (Å²) in [6.45, 7) is 0. The normalized spacial score (nSPS) is 11.6. The molecule has 10 heteroatoms. The van der Waals surface area contributed by atoms with Crippen LogP contribution in [-0.2, 0) is 0 Å². The average molecular weight is 540 g/mol. The Bertz CT molecular complexity index is 2160. The molecule has 0 aliphatic rings. The number of halogens is 1. The van der Waals surface area contributed by atoms with Gasteiger partial charge >= 0.3 is 0 Å². The summed E-state index contributed by atoms with van der Waals surface area (Å²) < 4.78 is 4.74. The second-order valence-corrected chi connectivity index (χ2v) is 9.62. The van der Waals surface area contributed by atoms with Crippen LogP contribution in [0.4, 0.5) is 0 Å². The molecule has 0 spiro atoms. The fraction of sp³-hybridized carbons (Fsp3) is 0. The van der Waals surface area contributed by atoms with Crippen molar-refractivity contribution < 1.29 is 0 Å². The Labute approximate surface area is 232 Å². The molecule has 8 aromatic rings. The summed E-state index contributed by atoms with van der Waals surface area (Å²) in [4.78, 5) is 14.0. The summed E-state index contributed by atoms with van der Waals surface area (Å²) >= 11 is 6.23. The van der Waals surface area contributed by atoms with Crippen LogP contribution in [0.15, 0.2) is 109 Å². The lowest BCUT2D eigenvalue weighted by molar-refractivity contribution is 0.817. The van der Waals surface area contributed by atoms with Crippen LogP contribution in [0, 0.1) is 0 Å². The molecule has 0 aliphatic carbocycles. The van der Waals surface area contributed by atoms with E-state index in [4.69, 9.17) is 31.8 Å². The summed E-state index contributed by atoms with van der Waals surface area (Å²) in [6, 6.07) is 36.6. The lowest BCUT2D eigenvalue weighted by Gasteiger charge is -2.02. The summed E-state index contributed by atoms with van der Waals surface area (Å²) in [5, 5.41) is 14.0. The third kappa shape index (κ3) is 3.63. The van der Waals surface area contributed by atoms with E-state index in [1.807, 2.05) is 60.7 Å². The lowest BCUT2D eigenvalue weighted by atomic mass is 10.0. The predicted octanol–water partition coefficient (Wildman–Crippen LogP) is 6.14. The van der Waals surface area contributed by atoms with Crippen molar-refractivity contribution in [1.82, 2.24) is 43.8 Å². The molecule has 0 radical (unpaired) electrons. The largest absolute Gasteiger partial charge is 0.261 e. The number of aromatic nitrogens is 9. The van der Waals surface area contributed by atoms with E-state index in [1.165, 1.54) is 4.52 Å². The SMILES string of the molecule is Clc1nc2n(n1)c1nc(-c3ccc(-c4ccccc4)cc3)nn1c1nc(-c3cccc(-c4ccccc4)c3)nn21. The van der Waals surface area contributed by atoms with Gasteiger partial charge in [-0.15, -0.1) is 15.3 Å². The highest BCUT2D eigenvalue weighted by molar-refractivity contribution is 6.28. The van der Waals surface area contributed by atoms with Crippen molar-refractivity contribution in [2.45, 2.75) is 0 Å². The van der Waals surface area contributed by atoms with Crippen molar-refractivity contribution >= 4 is 28.9 Å². The van der Waals surface area contributed by atoms with Crippen molar-refractivity contribution in [3.8, 4) is 45.0 Å². The number of benzene rings is 4. The molecule has 0 unspecified atom stereocenters. The van der Waals surface area contributed by atoms with Crippen LogP contribution < -0.4 is 0 Å². The third-order valence-corrected chi connectivity index (χ3v) is 6.95. The fourth-order valence-electron chi connectivity index (χ4n) is 4.86. The Morgan fingerprint density at radius 2 is 0.850 bits per heavy atom.